The van der Waals surface area contributed by atoms with Gasteiger partial charge in [-0.1, -0.05) is 39.5 Å². The van der Waals surface area contributed by atoms with Crippen molar-refractivity contribution in [1.29, 1.82) is 0 Å². The standard InChI is InChI=1S/C23H30O3S2/c1-3-4-5-6-7-23(27-8-9-28-23)13-10-15(24)18(16(25)11-13)14-12-17(26)20-21-19(14)22(20,21)2/h10-11,14,19-21,24-25H,3-9,12H2,1-2H3/t14-,19-,20+,21?,22?/m0/s1. The van der Waals surface area contributed by atoms with E-state index in [0.717, 1.165) is 23.5 Å². The summed E-state index contributed by atoms with van der Waals surface area (Å²) in [6.07, 6.45) is 6.46. The number of phenolic OH excluding ortho intramolecular Hbond substituents is 2. The van der Waals surface area contributed by atoms with Crippen molar-refractivity contribution in [2.75, 3.05) is 11.5 Å². The topological polar surface area (TPSA) is 57.5 Å². The maximum Gasteiger partial charge on any atom is 0.137 e. The molecule has 28 heavy (non-hydrogen) atoms. The molecule has 4 saturated carbocycles. The lowest BCUT2D eigenvalue weighted by molar-refractivity contribution is -0.125. The molecule has 5 aliphatic rings. The molecule has 1 aromatic rings. The van der Waals surface area contributed by atoms with Crippen LogP contribution in [0.25, 0.3) is 0 Å². The Kier molecular flexibility index (Phi) is 4.52. The highest BCUT2D eigenvalue weighted by molar-refractivity contribution is 8.20. The van der Waals surface area contributed by atoms with Crippen LogP contribution in [0, 0.1) is 23.2 Å². The summed E-state index contributed by atoms with van der Waals surface area (Å²) < 4.78 is -0.0532. The molecule has 1 saturated heterocycles. The fourth-order valence-corrected chi connectivity index (χ4v) is 9.67. The van der Waals surface area contributed by atoms with Gasteiger partial charge in [0, 0.05) is 35.3 Å². The van der Waals surface area contributed by atoms with Crippen LogP contribution in [0.4, 0.5) is 0 Å². The summed E-state index contributed by atoms with van der Waals surface area (Å²) in [6, 6.07) is 3.79. The third-order valence-electron chi connectivity index (χ3n) is 7.90. The van der Waals surface area contributed by atoms with E-state index >= 15 is 0 Å². The van der Waals surface area contributed by atoms with E-state index in [-0.39, 0.29) is 32.8 Å². The van der Waals surface area contributed by atoms with Crippen LogP contribution in [-0.2, 0) is 8.87 Å². The fourth-order valence-electron chi connectivity index (χ4n) is 6.36. The highest BCUT2D eigenvalue weighted by atomic mass is 32.2. The number of unbranched alkanes of at least 4 members (excludes halogenated alkanes) is 3. The summed E-state index contributed by atoms with van der Waals surface area (Å²) >= 11 is 3.92. The molecule has 0 spiro atoms. The molecule has 0 amide bonds. The molecule has 1 aliphatic heterocycles. The molecule has 4 aliphatic carbocycles. The highest BCUT2D eigenvalue weighted by Crippen LogP contribution is 2.90. The van der Waals surface area contributed by atoms with Gasteiger partial charge in [-0.15, -0.1) is 23.5 Å². The second-order valence-corrected chi connectivity index (χ2v) is 12.4. The third kappa shape index (κ3) is 2.61. The molecule has 0 aromatic heterocycles. The van der Waals surface area contributed by atoms with Gasteiger partial charge in [-0.3, -0.25) is 4.79 Å². The Morgan fingerprint density at radius 2 is 1.71 bits per heavy atom. The Hall–Kier alpha value is -0.810. The van der Waals surface area contributed by atoms with Gasteiger partial charge in [0.05, 0.1) is 4.08 Å². The number of aromatic hydroxyl groups is 2. The van der Waals surface area contributed by atoms with E-state index in [1.165, 1.54) is 25.7 Å². The summed E-state index contributed by atoms with van der Waals surface area (Å²) in [5, 5.41) is 21.9. The predicted octanol–water partition coefficient (Wildman–Crippen LogP) is 5.64. The number of Topliss-reactive ketones (excluding diaryl/α,β-unsaturated/α-hetero) is 1. The van der Waals surface area contributed by atoms with Gasteiger partial charge in [-0.2, -0.15) is 0 Å². The number of benzene rings is 1. The van der Waals surface area contributed by atoms with Crippen LogP contribution >= 0.6 is 23.5 Å². The minimum Gasteiger partial charge on any atom is -0.508 e. The number of fused-ring (bicyclic) bond motifs is 2. The van der Waals surface area contributed by atoms with Crippen molar-refractivity contribution in [2.24, 2.45) is 23.2 Å². The van der Waals surface area contributed by atoms with Gasteiger partial charge < -0.3 is 10.2 Å². The molecule has 2 bridgehead atoms. The predicted molar refractivity (Wildman–Crippen MR) is 116 cm³/mol. The molecule has 6 rings (SSSR count). The van der Waals surface area contributed by atoms with Crippen LogP contribution in [0.1, 0.15) is 69.4 Å². The smallest absolute Gasteiger partial charge is 0.137 e. The maximum atomic E-state index is 12.4. The number of hydrogen-bond acceptors (Lipinski definition) is 5. The summed E-state index contributed by atoms with van der Waals surface area (Å²) in [4.78, 5) is 12.4. The van der Waals surface area contributed by atoms with Gasteiger partial charge in [0.25, 0.3) is 0 Å². The molecule has 152 valence electrons. The first-order chi connectivity index (χ1) is 13.4. The van der Waals surface area contributed by atoms with Gasteiger partial charge in [0.2, 0.25) is 0 Å². The van der Waals surface area contributed by atoms with E-state index in [1.54, 1.807) is 0 Å². The molecule has 3 nitrogen and oxygen atoms in total. The molecule has 1 heterocycles. The average molecular weight is 419 g/mol. The van der Waals surface area contributed by atoms with Crippen molar-refractivity contribution in [3.8, 4) is 11.5 Å². The Morgan fingerprint density at radius 3 is 2.29 bits per heavy atom. The zero-order valence-corrected chi connectivity index (χ0v) is 18.4. The number of ketones is 1. The molecule has 5 atom stereocenters. The van der Waals surface area contributed by atoms with Crippen LogP contribution in [0.5, 0.6) is 11.5 Å². The molecule has 2 unspecified atom stereocenters. The van der Waals surface area contributed by atoms with Crippen molar-refractivity contribution in [1.82, 2.24) is 0 Å². The molecule has 5 fully saturated rings. The van der Waals surface area contributed by atoms with Crippen LogP contribution in [-0.4, -0.2) is 27.5 Å². The monoisotopic (exact) mass is 418 g/mol. The molecule has 1 aromatic carbocycles. The number of carbonyl (C=O) groups excluding carboxylic acids is 1. The fraction of sp³-hybridized carbons (Fsp3) is 0.696. The van der Waals surface area contributed by atoms with E-state index in [1.807, 2.05) is 35.7 Å². The van der Waals surface area contributed by atoms with E-state index in [4.69, 9.17) is 0 Å². The van der Waals surface area contributed by atoms with Crippen LogP contribution in [0.15, 0.2) is 12.1 Å². The number of rotatable bonds is 7. The molecule has 2 N–H and O–H groups in total. The molecular formula is C23H30O3S2. The van der Waals surface area contributed by atoms with Crippen LogP contribution < -0.4 is 0 Å². The molecule has 5 heteroatoms. The Morgan fingerprint density at radius 1 is 1.07 bits per heavy atom. The third-order valence-corrected chi connectivity index (χ3v) is 11.5. The van der Waals surface area contributed by atoms with E-state index in [0.29, 0.717) is 29.6 Å². The first kappa shape index (κ1) is 19.2. The lowest BCUT2D eigenvalue weighted by atomic mass is 9.71. The van der Waals surface area contributed by atoms with Gasteiger partial charge >= 0.3 is 0 Å². The van der Waals surface area contributed by atoms with Crippen molar-refractivity contribution in [2.45, 2.75) is 62.4 Å². The van der Waals surface area contributed by atoms with Crippen LogP contribution in [0.2, 0.25) is 0 Å². The highest BCUT2D eigenvalue weighted by Gasteiger charge is 2.89. The zero-order chi connectivity index (χ0) is 19.7. The summed E-state index contributed by atoms with van der Waals surface area (Å²) in [6.45, 7) is 4.43. The number of carbonyl (C=O) groups is 1. The normalized spacial score (nSPS) is 37.0. The van der Waals surface area contributed by atoms with E-state index in [2.05, 4.69) is 13.8 Å². The van der Waals surface area contributed by atoms with Crippen molar-refractivity contribution < 1.29 is 15.0 Å². The molecular weight excluding hydrogens is 388 g/mol. The minimum absolute atomic E-state index is 0.00839. The first-order valence-corrected chi connectivity index (χ1v) is 12.8. The Labute approximate surface area is 176 Å². The van der Waals surface area contributed by atoms with Crippen molar-refractivity contribution >= 4 is 29.3 Å². The van der Waals surface area contributed by atoms with Gasteiger partial charge in [-0.05, 0) is 41.4 Å². The average Bonchev–Trinajstić information content (AvgIpc) is 3.36. The number of thioether (sulfide) groups is 2. The zero-order valence-electron chi connectivity index (χ0n) is 16.7. The lowest BCUT2D eigenvalue weighted by Crippen LogP contribution is -2.30. The minimum atomic E-state index is -0.0532. The van der Waals surface area contributed by atoms with Crippen LogP contribution in [0.3, 0.4) is 0 Å². The summed E-state index contributed by atoms with van der Waals surface area (Å²) in [5.41, 5.74) is 1.83. The number of phenols is 2. The van der Waals surface area contributed by atoms with E-state index < -0.39 is 0 Å². The number of hydrogen-bond donors (Lipinski definition) is 2. The van der Waals surface area contributed by atoms with Gasteiger partial charge in [0.1, 0.15) is 17.3 Å². The summed E-state index contributed by atoms with van der Waals surface area (Å²) in [7, 11) is 0. The van der Waals surface area contributed by atoms with Crippen molar-refractivity contribution in [3.05, 3.63) is 23.3 Å². The summed E-state index contributed by atoms with van der Waals surface area (Å²) in [5.74, 6) is 4.19. The lowest BCUT2D eigenvalue weighted by Gasteiger charge is -2.33. The molecule has 0 radical (unpaired) electrons. The quantitative estimate of drug-likeness (QED) is 0.561. The second kappa shape index (κ2) is 6.60. The Bertz CT molecular complexity index is 793. The van der Waals surface area contributed by atoms with E-state index in [9.17, 15) is 15.0 Å². The second-order valence-electron chi connectivity index (χ2n) is 9.36. The maximum absolute atomic E-state index is 12.4. The van der Waals surface area contributed by atoms with Crippen molar-refractivity contribution in [3.63, 3.8) is 0 Å². The van der Waals surface area contributed by atoms with Gasteiger partial charge in [-0.25, -0.2) is 0 Å². The Balaban J connectivity index is 1.42. The first-order valence-electron chi connectivity index (χ1n) is 10.8. The SMILES string of the molecule is CCCCCCC1(c2cc(O)c([C@@H]3CC(=O)[C@@H]4C5[C@H]3C54C)c(O)c2)SCCS1. The van der Waals surface area contributed by atoms with Gasteiger partial charge in [0.15, 0.2) is 0 Å². The largest absolute Gasteiger partial charge is 0.508 e.